The highest BCUT2D eigenvalue weighted by molar-refractivity contribution is 7.09. The Hall–Kier alpha value is -2.18. The maximum absolute atomic E-state index is 11.8. The smallest absolute Gasteiger partial charge is 0.227 e. The molecule has 0 aliphatic rings. The summed E-state index contributed by atoms with van der Waals surface area (Å²) in [5.41, 5.74) is 0.829. The van der Waals surface area contributed by atoms with Crippen molar-refractivity contribution >= 4 is 28.8 Å². The van der Waals surface area contributed by atoms with Crippen LogP contribution in [0.4, 0.5) is 0 Å². The van der Waals surface area contributed by atoms with E-state index in [2.05, 4.69) is 21.5 Å². The summed E-state index contributed by atoms with van der Waals surface area (Å²) in [7, 11) is 0. The molecule has 2 heterocycles. The van der Waals surface area contributed by atoms with Crippen molar-refractivity contribution in [3.05, 3.63) is 57.6 Å². The van der Waals surface area contributed by atoms with Crippen LogP contribution < -0.4 is 5.32 Å². The van der Waals surface area contributed by atoms with E-state index in [0.29, 0.717) is 36.1 Å². The van der Waals surface area contributed by atoms with Gasteiger partial charge >= 0.3 is 0 Å². The first-order valence-corrected chi connectivity index (χ1v) is 8.84. The number of aryl methyl sites for hydroxylation is 1. The third kappa shape index (κ3) is 4.66. The van der Waals surface area contributed by atoms with Gasteiger partial charge in [-0.2, -0.15) is 4.98 Å². The molecule has 1 amide bonds. The SMILES string of the molecule is O=C(CCc1nc(-c2ccc(Cl)cc2)no1)NCCc1cccs1. The molecule has 0 bridgehead atoms. The fraction of sp³-hybridized carbons (Fsp3) is 0.235. The van der Waals surface area contributed by atoms with Gasteiger partial charge in [0.15, 0.2) is 0 Å². The number of nitrogens with one attached hydrogen (secondary N) is 1. The molecule has 1 aromatic carbocycles. The van der Waals surface area contributed by atoms with Crippen LogP contribution in [-0.4, -0.2) is 22.6 Å². The van der Waals surface area contributed by atoms with Crippen LogP contribution >= 0.6 is 22.9 Å². The predicted molar refractivity (Wildman–Crippen MR) is 94.1 cm³/mol. The van der Waals surface area contributed by atoms with Crippen LogP contribution in [0.2, 0.25) is 5.02 Å². The number of carbonyl (C=O) groups is 1. The number of aromatic nitrogens is 2. The lowest BCUT2D eigenvalue weighted by molar-refractivity contribution is -0.121. The number of thiophene rings is 1. The van der Waals surface area contributed by atoms with Gasteiger partial charge in [-0.05, 0) is 42.1 Å². The molecule has 0 atom stereocenters. The number of hydrogen-bond acceptors (Lipinski definition) is 5. The molecule has 3 rings (SSSR count). The number of hydrogen-bond donors (Lipinski definition) is 1. The normalized spacial score (nSPS) is 10.7. The Morgan fingerprint density at radius 3 is 2.79 bits per heavy atom. The average Bonchev–Trinajstić information content (AvgIpc) is 3.25. The van der Waals surface area contributed by atoms with Crippen molar-refractivity contribution in [1.82, 2.24) is 15.5 Å². The van der Waals surface area contributed by atoms with Crippen molar-refractivity contribution in [3.8, 4) is 11.4 Å². The highest BCUT2D eigenvalue weighted by Crippen LogP contribution is 2.19. The quantitative estimate of drug-likeness (QED) is 0.696. The second-order valence-electron chi connectivity index (χ2n) is 5.20. The monoisotopic (exact) mass is 361 g/mol. The maximum Gasteiger partial charge on any atom is 0.227 e. The van der Waals surface area contributed by atoms with E-state index in [1.54, 1.807) is 23.5 Å². The van der Waals surface area contributed by atoms with Crippen LogP contribution in [0.3, 0.4) is 0 Å². The summed E-state index contributed by atoms with van der Waals surface area (Å²) in [6.45, 7) is 0.638. The lowest BCUT2D eigenvalue weighted by atomic mass is 10.2. The topological polar surface area (TPSA) is 68.0 Å². The van der Waals surface area contributed by atoms with Gasteiger partial charge in [0.1, 0.15) is 0 Å². The van der Waals surface area contributed by atoms with E-state index in [0.717, 1.165) is 12.0 Å². The van der Waals surface area contributed by atoms with E-state index in [1.807, 2.05) is 23.6 Å². The Morgan fingerprint density at radius 2 is 2.04 bits per heavy atom. The molecule has 0 fully saturated rings. The van der Waals surface area contributed by atoms with E-state index in [9.17, 15) is 4.79 Å². The highest BCUT2D eigenvalue weighted by atomic mass is 35.5. The minimum Gasteiger partial charge on any atom is -0.356 e. The van der Waals surface area contributed by atoms with E-state index < -0.39 is 0 Å². The molecule has 0 unspecified atom stereocenters. The number of halogens is 1. The molecular formula is C17H16ClN3O2S. The minimum atomic E-state index is -0.0159. The van der Waals surface area contributed by atoms with Crippen LogP contribution in [0.25, 0.3) is 11.4 Å². The lowest BCUT2D eigenvalue weighted by Gasteiger charge is -2.02. The molecule has 7 heteroatoms. The molecule has 0 spiro atoms. The second kappa shape index (κ2) is 8.08. The van der Waals surface area contributed by atoms with Crippen molar-refractivity contribution in [2.45, 2.75) is 19.3 Å². The number of rotatable bonds is 7. The van der Waals surface area contributed by atoms with Crippen molar-refractivity contribution in [3.63, 3.8) is 0 Å². The summed E-state index contributed by atoms with van der Waals surface area (Å²) in [6, 6.07) is 11.3. The Labute approximate surface area is 148 Å². The first-order valence-electron chi connectivity index (χ1n) is 7.58. The molecule has 0 saturated carbocycles. The van der Waals surface area contributed by atoms with Gasteiger partial charge in [-0.3, -0.25) is 4.79 Å². The Bertz CT molecular complexity index is 785. The zero-order chi connectivity index (χ0) is 16.8. The molecule has 0 aliphatic heterocycles. The van der Waals surface area contributed by atoms with Crippen molar-refractivity contribution < 1.29 is 9.32 Å². The fourth-order valence-corrected chi connectivity index (χ4v) is 3.00. The summed E-state index contributed by atoms with van der Waals surface area (Å²) in [5, 5.41) is 9.52. The van der Waals surface area contributed by atoms with E-state index in [-0.39, 0.29) is 5.91 Å². The largest absolute Gasteiger partial charge is 0.356 e. The lowest BCUT2D eigenvalue weighted by Crippen LogP contribution is -2.25. The second-order valence-corrected chi connectivity index (χ2v) is 6.67. The van der Waals surface area contributed by atoms with Gasteiger partial charge in [-0.25, -0.2) is 0 Å². The molecule has 124 valence electrons. The molecule has 2 aromatic heterocycles. The van der Waals surface area contributed by atoms with Crippen molar-refractivity contribution in [2.24, 2.45) is 0 Å². The molecule has 0 radical (unpaired) electrons. The van der Waals surface area contributed by atoms with Gasteiger partial charge in [-0.1, -0.05) is 22.8 Å². The van der Waals surface area contributed by atoms with Crippen molar-refractivity contribution in [1.29, 1.82) is 0 Å². The van der Waals surface area contributed by atoms with Crippen LogP contribution in [0.1, 0.15) is 17.2 Å². The minimum absolute atomic E-state index is 0.0159. The number of benzene rings is 1. The summed E-state index contributed by atoms with van der Waals surface area (Å²) >= 11 is 7.55. The highest BCUT2D eigenvalue weighted by Gasteiger charge is 2.10. The van der Waals surface area contributed by atoms with Gasteiger partial charge in [-0.15, -0.1) is 11.3 Å². The van der Waals surface area contributed by atoms with Crippen LogP contribution in [0, 0.1) is 0 Å². The van der Waals surface area contributed by atoms with Gasteiger partial charge in [0, 0.05) is 34.8 Å². The molecule has 5 nitrogen and oxygen atoms in total. The summed E-state index contributed by atoms with van der Waals surface area (Å²) < 4.78 is 5.19. The van der Waals surface area contributed by atoms with Crippen LogP contribution in [-0.2, 0) is 17.6 Å². The van der Waals surface area contributed by atoms with E-state index in [4.69, 9.17) is 16.1 Å². The van der Waals surface area contributed by atoms with Gasteiger partial charge in [0.05, 0.1) is 0 Å². The fourth-order valence-electron chi connectivity index (χ4n) is 2.16. The first-order chi connectivity index (χ1) is 11.7. The molecule has 0 aliphatic carbocycles. The number of nitrogens with zero attached hydrogens (tertiary/aromatic N) is 2. The third-order valence-electron chi connectivity index (χ3n) is 3.41. The van der Waals surface area contributed by atoms with Gasteiger partial charge in [0.25, 0.3) is 0 Å². The van der Waals surface area contributed by atoms with E-state index >= 15 is 0 Å². The molecule has 3 aromatic rings. The summed E-state index contributed by atoms with van der Waals surface area (Å²) in [6.07, 6.45) is 1.60. The zero-order valence-corrected chi connectivity index (χ0v) is 14.4. The molecule has 1 N–H and O–H groups in total. The molecule has 0 saturated heterocycles. The van der Waals surface area contributed by atoms with Gasteiger partial charge in [0.2, 0.25) is 17.6 Å². The Balaban J connectivity index is 1.44. The number of amides is 1. The standard InChI is InChI=1S/C17H16ClN3O2S/c18-13-5-3-12(4-6-13)17-20-16(23-21-17)8-7-15(22)19-10-9-14-2-1-11-24-14/h1-6,11H,7-10H2,(H,19,22). The molecule has 24 heavy (non-hydrogen) atoms. The average molecular weight is 362 g/mol. The first kappa shape index (κ1) is 16.7. The Morgan fingerprint density at radius 1 is 1.21 bits per heavy atom. The van der Waals surface area contributed by atoms with Crippen molar-refractivity contribution in [2.75, 3.05) is 6.54 Å². The molecular weight excluding hydrogens is 346 g/mol. The Kier molecular flexibility index (Phi) is 5.61. The van der Waals surface area contributed by atoms with E-state index in [1.165, 1.54) is 4.88 Å². The number of carbonyl (C=O) groups excluding carboxylic acids is 1. The summed E-state index contributed by atoms with van der Waals surface area (Å²) in [5.74, 6) is 0.936. The zero-order valence-electron chi connectivity index (χ0n) is 12.9. The van der Waals surface area contributed by atoms with Crippen LogP contribution in [0.15, 0.2) is 46.3 Å². The third-order valence-corrected chi connectivity index (χ3v) is 4.60. The van der Waals surface area contributed by atoms with Gasteiger partial charge < -0.3 is 9.84 Å². The summed E-state index contributed by atoms with van der Waals surface area (Å²) in [4.78, 5) is 17.4. The van der Waals surface area contributed by atoms with Crippen LogP contribution in [0.5, 0.6) is 0 Å². The maximum atomic E-state index is 11.8. The predicted octanol–water partition coefficient (Wildman–Crippen LogP) is 3.74.